The van der Waals surface area contributed by atoms with E-state index in [1.807, 2.05) is 6.92 Å². The molecule has 0 heterocycles. The molecule has 0 fully saturated rings. The molecule has 0 aliphatic rings. The Kier molecular flexibility index (Phi) is 15.6. The summed E-state index contributed by atoms with van der Waals surface area (Å²) < 4.78 is 4.98. The van der Waals surface area contributed by atoms with E-state index in [2.05, 4.69) is 6.92 Å². The van der Waals surface area contributed by atoms with Gasteiger partial charge in [-0.25, -0.2) is 0 Å². The molecule has 0 aliphatic heterocycles. The van der Waals surface area contributed by atoms with Gasteiger partial charge in [-0.1, -0.05) is 6.92 Å². The Balaban J connectivity index is 0. The van der Waals surface area contributed by atoms with E-state index in [1.165, 1.54) is 0 Å². The molecule has 1 nitrogen and oxygen atoms in total. The van der Waals surface area contributed by atoms with E-state index in [9.17, 15) is 0 Å². The molecule has 7 heavy (non-hydrogen) atoms. The summed E-state index contributed by atoms with van der Waals surface area (Å²) in [5.74, 6) is 0. The Labute approximate surface area is 67.7 Å². The van der Waals surface area contributed by atoms with E-state index in [4.69, 9.17) is 4.74 Å². The fourth-order valence-corrected chi connectivity index (χ4v) is 0.289. The third-order valence-electron chi connectivity index (χ3n) is 0.553. The first-order valence-electron chi connectivity index (χ1n) is 2.49. The van der Waals surface area contributed by atoms with Crippen molar-refractivity contribution in [3.8, 4) is 0 Å². The molecule has 0 aromatic carbocycles. The van der Waals surface area contributed by atoms with Crippen LogP contribution in [-0.4, -0.2) is 42.8 Å². The molecular weight excluding hydrogens is 99.0 g/mol. The van der Waals surface area contributed by atoms with Gasteiger partial charge < -0.3 is 4.74 Å². The molecule has 0 unspecified atom stereocenters. The predicted molar refractivity (Wildman–Crippen MR) is 33.9 cm³/mol. The van der Waals surface area contributed by atoms with Crippen LogP contribution < -0.4 is 0 Å². The molecule has 0 amide bonds. The Morgan fingerprint density at radius 2 is 1.86 bits per heavy atom. The van der Waals surface area contributed by atoms with Gasteiger partial charge in [-0.05, 0) is 13.3 Å². The van der Waals surface area contributed by atoms with Crippen LogP contribution in [0.3, 0.4) is 0 Å². The Hall–Kier alpha value is 0.960. The van der Waals surface area contributed by atoms with E-state index in [0.717, 1.165) is 19.6 Å². The summed E-state index contributed by atoms with van der Waals surface area (Å²) in [6, 6.07) is 0. The van der Waals surface area contributed by atoms with Crippen molar-refractivity contribution in [3.63, 3.8) is 0 Å². The molecule has 0 aromatic heterocycles. The van der Waals surface area contributed by atoms with Crippen LogP contribution in [0, 0.1) is 0 Å². The second-order valence-corrected chi connectivity index (χ2v) is 1.20. The molecule has 0 aliphatic carbocycles. The van der Waals surface area contributed by atoms with Crippen molar-refractivity contribution in [3.05, 3.63) is 0 Å². The number of hydrogen-bond donors (Lipinski definition) is 0. The van der Waals surface area contributed by atoms with Gasteiger partial charge in [-0.3, -0.25) is 0 Å². The van der Waals surface area contributed by atoms with Crippen LogP contribution in [0.5, 0.6) is 0 Å². The van der Waals surface area contributed by atoms with E-state index >= 15 is 0 Å². The van der Waals surface area contributed by atoms with Gasteiger partial charge in [-0.2, -0.15) is 0 Å². The second kappa shape index (κ2) is 10.0. The Morgan fingerprint density at radius 1 is 1.29 bits per heavy atom. The van der Waals surface area contributed by atoms with Crippen LogP contribution in [0.4, 0.5) is 0 Å². The molecule has 0 radical (unpaired) electrons. The van der Waals surface area contributed by atoms with Gasteiger partial charge in [0.25, 0.3) is 0 Å². The quantitative estimate of drug-likeness (QED) is 0.387. The van der Waals surface area contributed by atoms with Crippen molar-refractivity contribution in [2.24, 2.45) is 0 Å². The summed E-state index contributed by atoms with van der Waals surface area (Å²) in [6.07, 6.45) is 1.13. The van der Waals surface area contributed by atoms with Gasteiger partial charge in [0, 0.05) is 13.2 Å². The normalized spacial score (nSPS) is 7.71. The zero-order valence-electron chi connectivity index (χ0n) is 4.53. The third-order valence-corrected chi connectivity index (χ3v) is 0.553. The molecule has 0 saturated carbocycles. The van der Waals surface area contributed by atoms with Crippen molar-refractivity contribution < 1.29 is 4.74 Å². The molecule has 0 bridgehead atoms. The molecule has 0 rings (SSSR count). The summed E-state index contributed by atoms with van der Waals surface area (Å²) in [4.78, 5) is 0. The van der Waals surface area contributed by atoms with Crippen LogP contribution in [0.15, 0.2) is 0 Å². The first kappa shape index (κ1) is 10.9. The first-order chi connectivity index (χ1) is 2.91. The average Bonchev–Trinajstić information content (AvgIpc) is 1.61. The summed E-state index contributed by atoms with van der Waals surface area (Å²) in [7, 11) is 0. The summed E-state index contributed by atoms with van der Waals surface area (Å²) in [5.41, 5.74) is 0. The van der Waals surface area contributed by atoms with Gasteiger partial charge >= 0.3 is 29.6 Å². The monoisotopic (exact) mass is 112 g/mol. The van der Waals surface area contributed by atoms with Crippen LogP contribution in [0.1, 0.15) is 20.3 Å². The van der Waals surface area contributed by atoms with Crippen molar-refractivity contribution in [2.45, 2.75) is 20.3 Å². The standard InChI is InChI=1S/C5H12O.Na.H/c1-3-5-6-4-2;;/h3-5H2,1-2H3;;. The molecule has 0 saturated heterocycles. The maximum absolute atomic E-state index is 4.98. The van der Waals surface area contributed by atoms with E-state index in [-0.39, 0.29) is 29.6 Å². The van der Waals surface area contributed by atoms with Crippen LogP contribution >= 0.6 is 0 Å². The molecule has 40 valence electrons. The van der Waals surface area contributed by atoms with Crippen molar-refractivity contribution >= 4 is 29.6 Å². The van der Waals surface area contributed by atoms with Crippen LogP contribution in [0.2, 0.25) is 0 Å². The SMILES string of the molecule is CCCOCC.[NaH]. The predicted octanol–water partition coefficient (Wildman–Crippen LogP) is 0.784. The van der Waals surface area contributed by atoms with Gasteiger partial charge in [0.05, 0.1) is 0 Å². The zero-order chi connectivity index (χ0) is 4.83. The molecule has 2 heteroatoms. The van der Waals surface area contributed by atoms with Crippen LogP contribution in [0.25, 0.3) is 0 Å². The number of hydrogen-bond acceptors (Lipinski definition) is 1. The molecule has 0 aromatic rings. The topological polar surface area (TPSA) is 9.23 Å². The number of ether oxygens (including phenoxy) is 1. The Bertz CT molecular complexity index is 20.0. The minimum absolute atomic E-state index is 0. The van der Waals surface area contributed by atoms with Gasteiger partial charge in [0.15, 0.2) is 0 Å². The summed E-state index contributed by atoms with van der Waals surface area (Å²) in [6.45, 7) is 5.88. The second-order valence-electron chi connectivity index (χ2n) is 1.20. The third kappa shape index (κ3) is 10.9. The maximum atomic E-state index is 4.98. The van der Waals surface area contributed by atoms with Crippen molar-refractivity contribution in [1.29, 1.82) is 0 Å². The summed E-state index contributed by atoms with van der Waals surface area (Å²) in [5, 5.41) is 0. The van der Waals surface area contributed by atoms with E-state index < -0.39 is 0 Å². The molecule has 0 atom stereocenters. The van der Waals surface area contributed by atoms with E-state index in [1.54, 1.807) is 0 Å². The molecule has 0 N–H and O–H groups in total. The zero-order valence-corrected chi connectivity index (χ0v) is 4.53. The Morgan fingerprint density at radius 3 is 2.00 bits per heavy atom. The van der Waals surface area contributed by atoms with Crippen molar-refractivity contribution in [2.75, 3.05) is 13.2 Å². The van der Waals surface area contributed by atoms with E-state index in [0.29, 0.717) is 0 Å². The average molecular weight is 112 g/mol. The van der Waals surface area contributed by atoms with Crippen molar-refractivity contribution in [1.82, 2.24) is 0 Å². The molecular formula is C5H13NaO. The number of rotatable bonds is 3. The van der Waals surface area contributed by atoms with Crippen LogP contribution in [-0.2, 0) is 4.74 Å². The van der Waals surface area contributed by atoms with Gasteiger partial charge in [0.1, 0.15) is 0 Å². The van der Waals surface area contributed by atoms with Gasteiger partial charge in [0.2, 0.25) is 0 Å². The fraction of sp³-hybridized carbons (Fsp3) is 1.00. The fourth-order valence-electron chi connectivity index (χ4n) is 0.289. The summed E-state index contributed by atoms with van der Waals surface area (Å²) >= 11 is 0. The van der Waals surface area contributed by atoms with Gasteiger partial charge in [-0.15, -0.1) is 0 Å². The minimum atomic E-state index is 0. The first-order valence-corrected chi connectivity index (χ1v) is 2.49. The molecule has 0 spiro atoms.